The third kappa shape index (κ3) is 2.63. The van der Waals surface area contributed by atoms with Gasteiger partial charge in [-0.15, -0.1) is 0 Å². The van der Waals surface area contributed by atoms with E-state index in [1.165, 1.54) is 0 Å². The smallest absolute Gasteiger partial charge is 0.161 e. The first kappa shape index (κ1) is 13.4. The van der Waals surface area contributed by atoms with Crippen LogP contribution in [0.25, 0.3) is 17.4 Å². The van der Waals surface area contributed by atoms with Gasteiger partial charge in [0.1, 0.15) is 11.5 Å². The Morgan fingerprint density at radius 3 is 2.70 bits per heavy atom. The molecular weight excluding hydrogens is 316 g/mol. The molecule has 0 radical (unpaired) electrons. The van der Waals surface area contributed by atoms with E-state index >= 15 is 0 Å². The largest absolute Gasteiger partial charge is 0.457 e. The number of hydrogen-bond donors (Lipinski definition) is 0. The zero-order valence-electron chi connectivity index (χ0n) is 11.2. The van der Waals surface area contributed by atoms with Crippen molar-refractivity contribution in [1.82, 2.24) is 0 Å². The minimum Gasteiger partial charge on any atom is -0.457 e. The van der Waals surface area contributed by atoms with Crippen molar-refractivity contribution in [3.05, 3.63) is 52.7 Å². The maximum atomic E-state index is 11.9. The summed E-state index contributed by atoms with van der Waals surface area (Å²) in [4.78, 5) is 11.9. The topological polar surface area (TPSA) is 30.2 Å². The van der Waals surface area contributed by atoms with Crippen molar-refractivity contribution in [2.45, 2.75) is 19.8 Å². The Labute approximate surface area is 126 Å². The number of benzene rings is 1. The highest BCUT2D eigenvalue weighted by Gasteiger charge is 2.43. The fraction of sp³-hybridized carbons (Fsp3) is 0.235. The predicted octanol–water partition coefficient (Wildman–Crippen LogP) is 5.09. The minimum absolute atomic E-state index is 0.117. The van der Waals surface area contributed by atoms with Crippen molar-refractivity contribution in [2.24, 2.45) is 5.41 Å². The molecular formula is C17H15BrO2. The second-order valence-electron chi connectivity index (χ2n) is 5.44. The number of hydrogen-bond acceptors (Lipinski definition) is 2. The van der Waals surface area contributed by atoms with Gasteiger partial charge in [0, 0.05) is 15.5 Å². The molecule has 1 aliphatic carbocycles. The van der Waals surface area contributed by atoms with E-state index in [-0.39, 0.29) is 11.2 Å². The molecule has 1 aromatic carbocycles. The molecule has 3 rings (SSSR count). The predicted molar refractivity (Wildman–Crippen MR) is 83.2 cm³/mol. The molecule has 2 nitrogen and oxygen atoms in total. The Hall–Kier alpha value is -1.61. The average molecular weight is 331 g/mol. The van der Waals surface area contributed by atoms with Gasteiger partial charge in [0.2, 0.25) is 0 Å². The molecule has 0 atom stereocenters. The van der Waals surface area contributed by atoms with Gasteiger partial charge in [0.25, 0.3) is 0 Å². The summed E-state index contributed by atoms with van der Waals surface area (Å²) in [5.74, 6) is 1.69. The van der Waals surface area contributed by atoms with E-state index in [1.54, 1.807) is 12.2 Å². The molecule has 0 amide bonds. The number of allylic oxidation sites excluding steroid dienone is 1. The number of halogens is 1. The summed E-state index contributed by atoms with van der Waals surface area (Å²) in [7, 11) is 0. The van der Waals surface area contributed by atoms with Crippen molar-refractivity contribution in [1.29, 1.82) is 0 Å². The summed E-state index contributed by atoms with van der Waals surface area (Å²) in [6, 6.07) is 11.7. The number of carbonyl (C=O) groups excluding carboxylic acids is 1. The van der Waals surface area contributed by atoms with Crippen molar-refractivity contribution >= 4 is 27.8 Å². The van der Waals surface area contributed by atoms with Gasteiger partial charge in [-0.05, 0) is 43.2 Å². The van der Waals surface area contributed by atoms with Crippen LogP contribution in [0.1, 0.15) is 25.5 Å². The highest BCUT2D eigenvalue weighted by molar-refractivity contribution is 9.10. The fourth-order valence-corrected chi connectivity index (χ4v) is 2.52. The molecule has 0 N–H and O–H groups in total. The average Bonchev–Trinajstić information content (AvgIpc) is 3.03. The quantitative estimate of drug-likeness (QED) is 0.730. The molecule has 1 saturated carbocycles. The molecule has 3 heteroatoms. The van der Waals surface area contributed by atoms with Crippen LogP contribution in [0.15, 0.2) is 51.4 Å². The number of rotatable bonds is 4. The third-order valence-electron chi connectivity index (χ3n) is 3.76. The van der Waals surface area contributed by atoms with Crippen molar-refractivity contribution in [3.8, 4) is 11.3 Å². The molecule has 0 spiro atoms. The Bertz CT molecular complexity index is 678. The van der Waals surface area contributed by atoms with E-state index in [0.29, 0.717) is 5.76 Å². The summed E-state index contributed by atoms with van der Waals surface area (Å²) in [6.45, 7) is 2.01. The van der Waals surface area contributed by atoms with Crippen molar-refractivity contribution < 1.29 is 9.21 Å². The van der Waals surface area contributed by atoms with E-state index in [4.69, 9.17) is 4.42 Å². The van der Waals surface area contributed by atoms with Crippen LogP contribution in [-0.2, 0) is 4.79 Å². The van der Waals surface area contributed by atoms with E-state index in [1.807, 2.05) is 43.3 Å². The summed E-state index contributed by atoms with van der Waals surface area (Å²) >= 11 is 3.51. The molecule has 0 saturated heterocycles. The Balaban J connectivity index is 1.79. The molecule has 2 aromatic rings. The van der Waals surface area contributed by atoms with Crippen LogP contribution >= 0.6 is 15.9 Å². The lowest BCUT2D eigenvalue weighted by molar-refractivity contribution is -0.118. The minimum atomic E-state index is -0.117. The normalized spacial score (nSPS) is 16.5. The fourth-order valence-electron chi connectivity index (χ4n) is 2.04. The van der Waals surface area contributed by atoms with Gasteiger partial charge in [-0.2, -0.15) is 0 Å². The standard InChI is InChI=1S/C17H15BrO2/c1-17(10-11-17)16(19)9-7-12-6-8-15(20-12)13-4-2-3-5-14(13)18/h2-9H,10-11H2,1H3/b9-7+. The SMILES string of the molecule is CC1(C(=O)/C=C/c2ccc(-c3ccccc3Br)o2)CC1. The van der Waals surface area contributed by atoms with Gasteiger partial charge >= 0.3 is 0 Å². The highest BCUT2D eigenvalue weighted by Crippen LogP contribution is 2.46. The van der Waals surface area contributed by atoms with Crippen LogP contribution in [0.5, 0.6) is 0 Å². The molecule has 0 aliphatic heterocycles. The van der Waals surface area contributed by atoms with Gasteiger partial charge in [-0.25, -0.2) is 0 Å². The molecule has 0 unspecified atom stereocenters. The maximum absolute atomic E-state index is 11.9. The maximum Gasteiger partial charge on any atom is 0.161 e. The lowest BCUT2D eigenvalue weighted by Crippen LogP contribution is -2.07. The first-order chi connectivity index (χ1) is 9.58. The Morgan fingerprint density at radius 2 is 2.00 bits per heavy atom. The number of ketones is 1. The zero-order chi connectivity index (χ0) is 14.2. The summed E-state index contributed by atoms with van der Waals surface area (Å²) in [5.41, 5.74) is 0.890. The van der Waals surface area contributed by atoms with Gasteiger partial charge in [-0.3, -0.25) is 4.79 Å². The van der Waals surface area contributed by atoms with Crippen LogP contribution in [0.2, 0.25) is 0 Å². The Kier molecular flexibility index (Phi) is 3.38. The number of carbonyl (C=O) groups is 1. The van der Waals surface area contributed by atoms with Crippen molar-refractivity contribution in [2.75, 3.05) is 0 Å². The van der Waals surface area contributed by atoms with Crippen LogP contribution in [0.4, 0.5) is 0 Å². The van der Waals surface area contributed by atoms with E-state index in [9.17, 15) is 4.79 Å². The molecule has 1 aromatic heterocycles. The van der Waals surface area contributed by atoms with Crippen LogP contribution < -0.4 is 0 Å². The first-order valence-electron chi connectivity index (χ1n) is 6.66. The molecule has 1 heterocycles. The monoisotopic (exact) mass is 330 g/mol. The van der Waals surface area contributed by atoms with Crippen LogP contribution in [-0.4, -0.2) is 5.78 Å². The van der Waals surface area contributed by atoms with Crippen LogP contribution in [0, 0.1) is 5.41 Å². The van der Waals surface area contributed by atoms with Gasteiger partial charge < -0.3 is 4.42 Å². The number of furan rings is 1. The Morgan fingerprint density at radius 1 is 1.25 bits per heavy atom. The molecule has 1 fully saturated rings. The van der Waals surface area contributed by atoms with Gasteiger partial charge in [0.15, 0.2) is 5.78 Å². The molecule has 1 aliphatic rings. The van der Waals surface area contributed by atoms with Crippen LogP contribution in [0.3, 0.4) is 0 Å². The van der Waals surface area contributed by atoms with E-state index < -0.39 is 0 Å². The summed E-state index contributed by atoms with van der Waals surface area (Å²) in [5, 5.41) is 0. The second kappa shape index (κ2) is 5.06. The molecule has 102 valence electrons. The summed E-state index contributed by atoms with van der Waals surface area (Å²) in [6.07, 6.45) is 5.38. The third-order valence-corrected chi connectivity index (χ3v) is 4.45. The first-order valence-corrected chi connectivity index (χ1v) is 7.45. The van der Waals surface area contributed by atoms with E-state index in [0.717, 1.165) is 28.6 Å². The summed E-state index contributed by atoms with van der Waals surface area (Å²) < 4.78 is 6.76. The van der Waals surface area contributed by atoms with Crippen molar-refractivity contribution in [3.63, 3.8) is 0 Å². The molecule has 0 bridgehead atoms. The second-order valence-corrected chi connectivity index (χ2v) is 6.29. The van der Waals surface area contributed by atoms with Gasteiger partial charge in [0.05, 0.1) is 0 Å². The highest BCUT2D eigenvalue weighted by atomic mass is 79.9. The lowest BCUT2D eigenvalue weighted by Gasteiger charge is -2.00. The lowest BCUT2D eigenvalue weighted by atomic mass is 10.0. The molecule has 20 heavy (non-hydrogen) atoms. The zero-order valence-corrected chi connectivity index (χ0v) is 12.8. The van der Waals surface area contributed by atoms with E-state index in [2.05, 4.69) is 15.9 Å². The van der Waals surface area contributed by atoms with Gasteiger partial charge in [-0.1, -0.05) is 41.1 Å².